The zero-order chi connectivity index (χ0) is 10.6. The molecular formula is C8H16N4OS. The van der Waals surface area contributed by atoms with E-state index in [2.05, 4.69) is 10.2 Å². The number of thioether (sulfide) groups is 1. The third-order valence-corrected chi connectivity index (χ3v) is 2.96. The van der Waals surface area contributed by atoms with Gasteiger partial charge in [0.25, 0.3) is 0 Å². The standard InChI is InChI=1S/C8H16N4OS/c1-3-12-7(4-9)10-11-8(12)14-5-6(2)13/h6,13H,3-5,9H2,1-2H3. The second kappa shape index (κ2) is 5.33. The van der Waals surface area contributed by atoms with Gasteiger partial charge in [-0.1, -0.05) is 11.8 Å². The number of nitrogens with zero attached hydrogens (tertiary/aromatic N) is 3. The minimum Gasteiger partial charge on any atom is -0.393 e. The van der Waals surface area contributed by atoms with Crippen molar-refractivity contribution in [1.82, 2.24) is 14.8 Å². The van der Waals surface area contributed by atoms with Gasteiger partial charge in [0.05, 0.1) is 12.6 Å². The highest BCUT2D eigenvalue weighted by Crippen LogP contribution is 2.17. The summed E-state index contributed by atoms with van der Waals surface area (Å²) in [6.07, 6.45) is -0.330. The Morgan fingerprint density at radius 1 is 1.57 bits per heavy atom. The molecule has 1 atom stereocenters. The molecule has 1 aromatic heterocycles. The van der Waals surface area contributed by atoms with Crippen LogP contribution in [0.3, 0.4) is 0 Å². The number of rotatable bonds is 5. The normalized spacial score (nSPS) is 13.1. The van der Waals surface area contributed by atoms with Crippen LogP contribution in [-0.2, 0) is 13.1 Å². The van der Waals surface area contributed by atoms with Gasteiger partial charge in [-0.2, -0.15) is 0 Å². The molecule has 0 fully saturated rings. The number of aromatic nitrogens is 3. The van der Waals surface area contributed by atoms with Gasteiger partial charge in [-0.15, -0.1) is 10.2 Å². The molecule has 0 amide bonds. The van der Waals surface area contributed by atoms with E-state index in [9.17, 15) is 0 Å². The Morgan fingerprint density at radius 2 is 2.29 bits per heavy atom. The molecule has 0 aliphatic heterocycles. The lowest BCUT2D eigenvalue weighted by atomic mass is 10.5. The molecule has 0 saturated carbocycles. The van der Waals surface area contributed by atoms with Gasteiger partial charge in [-0.05, 0) is 13.8 Å². The average molecular weight is 216 g/mol. The summed E-state index contributed by atoms with van der Waals surface area (Å²) in [5.74, 6) is 1.42. The molecule has 0 bridgehead atoms. The van der Waals surface area contributed by atoms with Crippen LogP contribution in [0, 0.1) is 0 Å². The molecule has 5 nitrogen and oxygen atoms in total. The second-order valence-corrected chi connectivity index (χ2v) is 3.99. The minimum atomic E-state index is -0.330. The highest BCUT2D eigenvalue weighted by molar-refractivity contribution is 7.99. The van der Waals surface area contributed by atoms with E-state index in [1.54, 1.807) is 6.92 Å². The maximum atomic E-state index is 9.14. The van der Waals surface area contributed by atoms with Crippen molar-refractivity contribution in [1.29, 1.82) is 0 Å². The average Bonchev–Trinajstić information content (AvgIpc) is 2.56. The minimum absolute atomic E-state index is 0.330. The number of aliphatic hydroxyl groups excluding tert-OH is 1. The summed E-state index contributed by atoms with van der Waals surface area (Å²) in [5, 5.41) is 17.9. The zero-order valence-electron chi connectivity index (χ0n) is 8.47. The third kappa shape index (κ3) is 2.70. The van der Waals surface area contributed by atoms with Crippen molar-refractivity contribution >= 4 is 11.8 Å². The number of nitrogens with two attached hydrogens (primary N) is 1. The van der Waals surface area contributed by atoms with Crippen LogP contribution in [0.1, 0.15) is 19.7 Å². The van der Waals surface area contributed by atoms with E-state index >= 15 is 0 Å². The van der Waals surface area contributed by atoms with Crippen LogP contribution in [0.4, 0.5) is 0 Å². The first-order valence-electron chi connectivity index (χ1n) is 4.62. The van der Waals surface area contributed by atoms with E-state index in [4.69, 9.17) is 10.8 Å². The van der Waals surface area contributed by atoms with Gasteiger partial charge in [0, 0.05) is 12.3 Å². The van der Waals surface area contributed by atoms with Crippen LogP contribution in [0.5, 0.6) is 0 Å². The van der Waals surface area contributed by atoms with Gasteiger partial charge in [0.1, 0.15) is 5.82 Å². The fourth-order valence-corrected chi connectivity index (χ4v) is 1.97. The summed E-state index contributed by atoms with van der Waals surface area (Å²) in [5.41, 5.74) is 5.51. The van der Waals surface area contributed by atoms with Gasteiger partial charge in [-0.25, -0.2) is 0 Å². The molecule has 0 saturated heterocycles. The van der Waals surface area contributed by atoms with Crippen molar-refractivity contribution in [3.05, 3.63) is 5.82 Å². The Labute approximate surface area is 87.7 Å². The fraction of sp³-hybridized carbons (Fsp3) is 0.750. The van der Waals surface area contributed by atoms with Crippen LogP contribution in [-0.4, -0.2) is 31.7 Å². The quantitative estimate of drug-likeness (QED) is 0.689. The Hall–Kier alpha value is -0.590. The van der Waals surface area contributed by atoms with Crippen molar-refractivity contribution < 1.29 is 5.11 Å². The van der Waals surface area contributed by atoms with Gasteiger partial charge < -0.3 is 15.4 Å². The lowest BCUT2D eigenvalue weighted by Crippen LogP contribution is -2.09. The van der Waals surface area contributed by atoms with Crippen molar-refractivity contribution in [2.24, 2.45) is 5.73 Å². The highest BCUT2D eigenvalue weighted by atomic mass is 32.2. The molecule has 0 spiro atoms. The lowest BCUT2D eigenvalue weighted by Gasteiger charge is -2.06. The molecule has 1 aromatic rings. The number of hydrogen-bond donors (Lipinski definition) is 2. The highest BCUT2D eigenvalue weighted by Gasteiger charge is 2.10. The largest absolute Gasteiger partial charge is 0.393 e. The van der Waals surface area contributed by atoms with Crippen molar-refractivity contribution in [3.8, 4) is 0 Å². The van der Waals surface area contributed by atoms with E-state index in [1.165, 1.54) is 11.8 Å². The molecule has 0 radical (unpaired) electrons. The summed E-state index contributed by atoms with van der Waals surface area (Å²) in [6.45, 7) is 4.98. The van der Waals surface area contributed by atoms with E-state index in [0.29, 0.717) is 12.3 Å². The van der Waals surface area contributed by atoms with Crippen molar-refractivity contribution in [2.75, 3.05) is 5.75 Å². The van der Waals surface area contributed by atoms with Gasteiger partial charge in [-0.3, -0.25) is 0 Å². The third-order valence-electron chi connectivity index (χ3n) is 1.75. The molecule has 0 aliphatic rings. The molecule has 1 heterocycles. The van der Waals surface area contributed by atoms with Crippen LogP contribution in [0.2, 0.25) is 0 Å². The topological polar surface area (TPSA) is 77.0 Å². The van der Waals surface area contributed by atoms with E-state index in [-0.39, 0.29) is 6.10 Å². The predicted octanol–water partition coefficient (Wildman–Crippen LogP) is 0.230. The van der Waals surface area contributed by atoms with Crippen molar-refractivity contribution in [2.45, 2.75) is 38.2 Å². The number of hydrogen-bond acceptors (Lipinski definition) is 5. The van der Waals surface area contributed by atoms with Gasteiger partial charge in [0.2, 0.25) is 0 Å². The maximum absolute atomic E-state index is 9.14. The molecule has 0 aliphatic carbocycles. The Balaban J connectivity index is 2.71. The van der Waals surface area contributed by atoms with Crippen LogP contribution in [0.25, 0.3) is 0 Å². The SMILES string of the molecule is CCn1c(CN)nnc1SCC(C)O. The molecule has 80 valence electrons. The van der Waals surface area contributed by atoms with E-state index in [0.717, 1.165) is 17.5 Å². The summed E-state index contributed by atoms with van der Waals surface area (Å²) in [4.78, 5) is 0. The van der Waals surface area contributed by atoms with E-state index < -0.39 is 0 Å². The molecule has 1 rings (SSSR count). The first-order chi connectivity index (χ1) is 6.69. The summed E-state index contributed by atoms with van der Waals surface area (Å²) in [7, 11) is 0. The molecule has 6 heteroatoms. The molecule has 1 unspecified atom stereocenters. The second-order valence-electron chi connectivity index (χ2n) is 3.01. The van der Waals surface area contributed by atoms with Crippen LogP contribution < -0.4 is 5.73 Å². The van der Waals surface area contributed by atoms with Gasteiger partial charge in [0.15, 0.2) is 5.16 Å². The fourth-order valence-electron chi connectivity index (χ4n) is 1.09. The first-order valence-corrected chi connectivity index (χ1v) is 5.60. The zero-order valence-corrected chi connectivity index (χ0v) is 9.29. The first kappa shape index (κ1) is 11.5. The van der Waals surface area contributed by atoms with Crippen LogP contribution >= 0.6 is 11.8 Å². The monoisotopic (exact) mass is 216 g/mol. The number of aliphatic hydroxyl groups is 1. The summed E-state index contributed by atoms with van der Waals surface area (Å²) >= 11 is 1.50. The summed E-state index contributed by atoms with van der Waals surface area (Å²) < 4.78 is 1.97. The Kier molecular flexibility index (Phi) is 4.37. The predicted molar refractivity (Wildman–Crippen MR) is 56.0 cm³/mol. The molecule has 0 aromatic carbocycles. The Bertz CT molecular complexity index is 287. The molecular weight excluding hydrogens is 200 g/mol. The van der Waals surface area contributed by atoms with Crippen molar-refractivity contribution in [3.63, 3.8) is 0 Å². The maximum Gasteiger partial charge on any atom is 0.191 e. The van der Waals surface area contributed by atoms with Crippen LogP contribution in [0.15, 0.2) is 5.16 Å². The van der Waals surface area contributed by atoms with Gasteiger partial charge >= 0.3 is 0 Å². The molecule has 14 heavy (non-hydrogen) atoms. The summed E-state index contributed by atoms with van der Waals surface area (Å²) in [6, 6.07) is 0. The lowest BCUT2D eigenvalue weighted by molar-refractivity contribution is 0.220. The Morgan fingerprint density at radius 3 is 2.79 bits per heavy atom. The smallest absolute Gasteiger partial charge is 0.191 e. The van der Waals surface area contributed by atoms with E-state index in [1.807, 2.05) is 11.5 Å². The molecule has 3 N–H and O–H groups in total.